The normalized spacial score (nSPS) is 16.7. The van der Waals surface area contributed by atoms with E-state index < -0.39 is 0 Å². The van der Waals surface area contributed by atoms with E-state index in [0.29, 0.717) is 5.92 Å². The van der Waals surface area contributed by atoms with Gasteiger partial charge in [0.05, 0.1) is 5.52 Å². The third-order valence-corrected chi connectivity index (χ3v) is 5.75. The number of likely N-dealkylation sites (tertiary alicyclic amines) is 1. The average molecular weight is 339 g/mol. The van der Waals surface area contributed by atoms with Crippen LogP contribution >= 0.6 is 11.3 Å². The van der Waals surface area contributed by atoms with Crippen molar-refractivity contribution in [2.24, 2.45) is 0 Å². The van der Waals surface area contributed by atoms with Crippen LogP contribution in [-0.4, -0.2) is 35.5 Å². The average Bonchev–Trinajstić information content (AvgIpc) is 3.23. The Kier molecular flexibility index (Phi) is 3.90. The Morgan fingerprint density at radius 1 is 1.21 bits per heavy atom. The van der Waals surface area contributed by atoms with Gasteiger partial charge in [0.1, 0.15) is 0 Å². The second kappa shape index (κ2) is 6.07. The van der Waals surface area contributed by atoms with Crippen LogP contribution in [0.4, 0.5) is 0 Å². The second-order valence-electron chi connectivity index (χ2n) is 6.64. The molecule has 5 heteroatoms. The minimum atomic E-state index is 0.0808. The number of carbonyl (C=O) groups excluding carboxylic acids is 1. The molecule has 4 rings (SSSR count). The summed E-state index contributed by atoms with van der Waals surface area (Å²) in [6.45, 7) is 2.21. The number of aromatic nitrogens is 1. The zero-order valence-electron chi connectivity index (χ0n) is 13.7. The van der Waals surface area contributed by atoms with Crippen LogP contribution in [0, 0.1) is 0 Å². The molecule has 0 spiro atoms. The Labute approximate surface area is 145 Å². The molecule has 124 valence electrons. The van der Waals surface area contributed by atoms with Crippen molar-refractivity contribution >= 4 is 28.0 Å². The topological polar surface area (TPSA) is 51.3 Å². The lowest BCUT2D eigenvalue weighted by Gasteiger charge is -2.28. The fourth-order valence-electron chi connectivity index (χ4n) is 3.63. The van der Waals surface area contributed by atoms with E-state index in [4.69, 9.17) is 5.84 Å². The molecule has 0 bridgehead atoms. The molecule has 0 atom stereocenters. The molecule has 1 aromatic carbocycles. The van der Waals surface area contributed by atoms with E-state index in [1.54, 1.807) is 16.0 Å². The van der Waals surface area contributed by atoms with Gasteiger partial charge in [-0.1, -0.05) is 0 Å². The first-order chi connectivity index (χ1) is 11.6. The minimum absolute atomic E-state index is 0.0808. The van der Waals surface area contributed by atoms with Gasteiger partial charge < -0.3 is 10.7 Å². The molecule has 2 N–H and O–H groups in total. The highest BCUT2D eigenvalue weighted by molar-refractivity contribution is 7.08. The summed E-state index contributed by atoms with van der Waals surface area (Å²) >= 11 is 1.55. The summed E-state index contributed by atoms with van der Waals surface area (Å²) in [7, 11) is 2.17. The Morgan fingerprint density at radius 2 is 2.00 bits per heavy atom. The summed E-state index contributed by atoms with van der Waals surface area (Å²) in [5.74, 6) is 6.75. The van der Waals surface area contributed by atoms with Gasteiger partial charge in [-0.2, -0.15) is 11.3 Å². The van der Waals surface area contributed by atoms with Gasteiger partial charge in [-0.15, -0.1) is 0 Å². The number of piperidine rings is 1. The summed E-state index contributed by atoms with van der Waals surface area (Å²) in [6.07, 6.45) is 4.32. The van der Waals surface area contributed by atoms with E-state index in [2.05, 4.69) is 11.9 Å². The van der Waals surface area contributed by atoms with Crippen molar-refractivity contribution in [1.29, 1.82) is 0 Å². The molecule has 1 fully saturated rings. The lowest BCUT2D eigenvalue weighted by molar-refractivity contribution is 0.103. The molecule has 0 radical (unpaired) electrons. The highest BCUT2D eigenvalue weighted by atomic mass is 32.1. The number of nitrogens with zero attached hydrogens (tertiary/aromatic N) is 2. The Morgan fingerprint density at radius 3 is 2.71 bits per heavy atom. The summed E-state index contributed by atoms with van der Waals surface area (Å²) in [5, 5.41) is 4.96. The lowest BCUT2D eigenvalue weighted by atomic mass is 9.89. The summed E-state index contributed by atoms with van der Waals surface area (Å²) in [6, 6.07) is 7.74. The molecular formula is C19H21N3OS. The molecule has 0 saturated carbocycles. The first-order valence-electron chi connectivity index (χ1n) is 8.29. The predicted octanol–water partition coefficient (Wildman–Crippen LogP) is 3.46. The van der Waals surface area contributed by atoms with Gasteiger partial charge in [0.15, 0.2) is 5.78 Å². The van der Waals surface area contributed by atoms with Crippen molar-refractivity contribution in [1.82, 2.24) is 9.58 Å². The molecule has 3 aromatic rings. The first kappa shape index (κ1) is 15.4. The molecule has 1 saturated heterocycles. The molecule has 2 aromatic heterocycles. The van der Waals surface area contributed by atoms with E-state index in [9.17, 15) is 4.79 Å². The number of hydrogen-bond donors (Lipinski definition) is 1. The van der Waals surface area contributed by atoms with Crippen LogP contribution in [0.5, 0.6) is 0 Å². The summed E-state index contributed by atoms with van der Waals surface area (Å²) < 4.78 is 1.70. The molecule has 4 nitrogen and oxygen atoms in total. The number of rotatable bonds is 3. The highest BCUT2D eigenvalue weighted by Crippen LogP contribution is 2.34. The van der Waals surface area contributed by atoms with E-state index in [-0.39, 0.29) is 5.78 Å². The maximum absolute atomic E-state index is 12.7. The number of benzene rings is 1. The van der Waals surface area contributed by atoms with Crippen LogP contribution in [0.1, 0.15) is 40.2 Å². The largest absolute Gasteiger partial charge is 0.339 e. The van der Waals surface area contributed by atoms with Crippen LogP contribution in [-0.2, 0) is 0 Å². The van der Waals surface area contributed by atoms with Crippen molar-refractivity contribution in [3.05, 3.63) is 57.9 Å². The SMILES string of the molecule is CN1CCC(c2cn(N)c3ccc(C(=O)c4ccsc4)cc23)CC1. The first-order valence-corrected chi connectivity index (χ1v) is 9.23. The molecule has 3 heterocycles. The third kappa shape index (κ3) is 2.64. The Balaban J connectivity index is 1.75. The minimum Gasteiger partial charge on any atom is -0.339 e. The molecule has 0 unspecified atom stereocenters. The molecular weight excluding hydrogens is 318 g/mol. The van der Waals surface area contributed by atoms with Crippen molar-refractivity contribution in [2.45, 2.75) is 18.8 Å². The van der Waals surface area contributed by atoms with Crippen molar-refractivity contribution < 1.29 is 4.79 Å². The van der Waals surface area contributed by atoms with Gasteiger partial charge in [-0.25, -0.2) is 0 Å². The van der Waals surface area contributed by atoms with Crippen LogP contribution < -0.4 is 5.84 Å². The van der Waals surface area contributed by atoms with E-state index in [1.165, 1.54) is 5.56 Å². The molecule has 1 aliphatic heterocycles. The number of nitrogens with two attached hydrogens (primary N) is 1. The smallest absolute Gasteiger partial charge is 0.193 e. The van der Waals surface area contributed by atoms with Crippen molar-refractivity contribution in [3.8, 4) is 0 Å². The number of thiophene rings is 1. The predicted molar refractivity (Wildman–Crippen MR) is 99.3 cm³/mol. The van der Waals surface area contributed by atoms with Gasteiger partial charge in [0.2, 0.25) is 0 Å². The number of ketones is 1. The summed E-state index contributed by atoms with van der Waals surface area (Å²) in [4.78, 5) is 15.0. The Hall–Kier alpha value is -2.11. The zero-order valence-corrected chi connectivity index (χ0v) is 14.6. The number of fused-ring (bicyclic) bond motifs is 1. The monoisotopic (exact) mass is 339 g/mol. The van der Waals surface area contributed by atoms with E-state index in [0.717, 1.165) is 48.0 Å². The van der Waals surface area contributed by atoms with Crippen LogP contribution in [0.15, 0.2) is 41.2 Å². The fraction of sp³-hybridized carbons (Fsp3) is 0.316. The van der Waals surface area contributed by atoms with E-state index >= 15 is 0 Å². The summed E-state index contributed by atoms with van der Waals surface area (Å²) in [5.41, 5.74) is 3.76. The molecule has 1 aliphatic rings. The van der Waals surface area contributed by atoms with Crippen molar-refractivity contribution in [3.63, 3.8) is 0 Å². The Bertz CT molecular complexity index is 874. The number of hydrogen-bond acceptors (Lipinski definition) is 4. The van der Waals surface area contributed by atoms with Gasteiger partial charge in [-0.3, -0.25) is 9.47 Å². The number of nitrogen functional groups attached to an aromatic ring is 1. The highest BCUT2D eigenvalue weighted by Gasteiger charge is 2.23. The molecule has 24 heavy (non-hydrogen) atoms. The standard InChI is InChI=1S/C19H21N3OS/c1-21-7-4-13(5-8-21)17-11-22(20)18-3-2-14(10-16(17)18)19(23)15-6-9-24-12-15/h2-3,6,9-13H,4-5,7-8,20H2,1H3. The van der Waals surface area contributed by atoms with Crippen LogP contribution in [0.2, 0.25) is 0 Å². The quantitative estimate of drug-likeness (QED) is 0.587. The van der Waals surface area contributed by atoms with Crippen LogP contribution in [0.3, 0.4) is 0 Å². The maximum Gasteiger partial charge on any atom is 0.193 e. The maximum atomic E-state index is 12.7. The van der Waals surface area contributed by atoms with Gasteiger partial charge in [0, 0.05) is 28.1 Å². The molecule has 0 aliphatic carbocycles. The third-order valence-electron chi connectivity index (χ3n) is 5.07. The van der Waals surface area contributed by atoms with Gasteiger partial charge >= 0.3 is 0 Å². The van der Waals surface area contributed by atoms with Gasteiger partial charge in [0.25, 0.3) is 0 Å². The number of carbonyl (C=O) groups is 1. The lowest BCUT2D eigenvalue weighted by Crippen LogP contribution is -2.29. The van der Waals surface area contributed by atoms with E-state index in [1.807, 2.05) is 41.2 Å². The fourth-order valence-corrected chi connectivity index (χ4v) is 4.26. The van der Waals surface area contributed by atoms with Gasteiger partial charge in [-0.05, 0) is 74.1 Å². The molecule has 0 amide bonds. The zero-order chi connectivity index (χ0) is 16.7. The van der Waals surface area contributed by atoms with Crippen LogP contribution in [0.25, 0.3) is 10.9 Å². The second-order valence-corrected chi connectivity index (χ2v) is 7.42. The van der Waals surface area contributed by atoms with Crippen molar-refractivity contribution in [2.75, 3.05) is 26.0 Å².